The molecule has 1 aliphatic heterocycles. The largest absolute Gasteiger partial charge is 0.494 e. The van der Waals surface area contributed by atoms with Gasteiger partial charge in [-0.3, -0.25) is 4.79 Å². The third-order valence-electron chi connectivity index (χ3n) is 5.23. The third kappa shape index (κ3) is 2.82. The van der Waals surface area contributed by atoms with E-state index in [1.807, 2.05) is 27.7 Å². The van der Waals surface area contributed by atoms with Crippen LogP contribution >= 0.6 is 0 Å². The van der Waals surface area contributed by atoms with Crippen molar-refractivity contribution < 1.29 is 24.0 Å². The van der Waals surface area contributed by atoms with Crippen molar-refractivity contribution in [2.75, 3.05) is 0 Å². The molecule has 2 fully saturated rings. The summed E-state index contributed by atoms with van der Waals surface area (Å²) < 4.78 is 12.0. The molecule has 0 aromatic heterocycles. The van der Waals surface area contributed by atoms with E-state index < -0.39 is 30.0 Å². The fraction of sp³-hybridized carbons (Fsp3) is 0.529. The Morgan fingerprint density at radius 3 is 1.96 bits per heavy atom. The first kappa shape index (κ1) is 17.0. The fourth-order valence-electron chi connectivity index (χ4n) is 2.79. The number of Topliss-reactive ketones (excluding diaryl/α,β-unsaturated/α-hetero) is 1. The molecule has 24 heavy (non-hydrogen) atoms. The maximum atomic E-state index is 12.5. The van der Waals surface area contributed by atoms with Gasteiger partial charge in [0.05, 0.1) is 11.2 Å². The summed E-state index contributed by atoms with van der Waals surface area (Å²) in [6.45, 7) is 7.94. The summed E-state index contributed by atoms with van der Waals surface area (Å²) in [5.41, 5.74) is -0.467. The van der Waals surface area contributed by atoms with Crippen LogP contribution in [0.2, 0.25) is 0 Å². The van der Waals surface area contributed by atoms with Crippen LogP contribution in [-0.2, 0) is 9.31 Å². The highest BCUT2D eigenvalue weighted by molar-refractivity contribution is 6.62. The molecule has 7 heteroatoms. The molecule has 3 rings (SSSR count). The number of hydrogen-bond acceptors (Lipinski definition) is 4. The van der Waals surface area contributed by atoms with Crippen LogP contribution < -0.4 is 10.8 Å². The molecular formula is C17H22BNO5. The number of amides is 1. The minimum absolute atomic E-state index is 0.189. The summed E-state index contributed by atoms with van der Waals surface area (Å²) in [4.78, 5) is 23.4. The summed E-state index contributed by atoms with van der Waals surface area (Å²) in [5.74, 6) is -0.189. The molecule has 1 saturated carbocycles. The van der Waals surface area contributed by atoms with E-state index in [0.29, 0.717) is 18.4 Å². The predicted molar refractivity (Wildman–Crippen MR) is 89.6 cm³/mol. The smallest absolute Gasteiger partial charge is 0.465 e. The van der Waals surface area contributed by atoms with Crippen molar-refractivity contribution in [3.63, 3.8) is 0 Å². The highest BCUT2D eigenvalue weighted by Gasteiger charge is 2.53. The lowest BCUT2D eigenvalue weighted by atomic mass is 9.78. The molecule has 0 spiro atoms. The Bertz CT molecular complexity index is 663. The first-order valence-electron chi connectivity index (χ1n) is 8.08. The molecule has 1 aromatic rings. The van der Waals surface area contributed by atoms with E-state index in [0.717, 1.165) is 5.46 Å². The molecule has 0 unspecified atom stereocenters. The molecule has 1 amide bonds. The van der Waals surface area contributed by atoms with Crippen molar-refractivity contribution in [3.8, 4) is 0 Å². The van der Waals surface area contributed by atoms with Crippen molar-refractivity contribution >= 4 is 24.5 Å². The number of ketones is 1. The van der Waals surface area contributed by atoms with Crippen LogP contribution in [0.4, 0.5) is 4.79 Å². The molecule has 1 heterocycles. The number of carboxylic acid groups (broad SMARTS) is 1. The van der Waals surface area contributed by atoms with Gasteiger partial charge in [0, 0.05) is 5.56 Å². The van der Waals surface area contributed by atoms with Gasteiger partial charge >= 0.3 is 13.2 Å². The zero-order valence-electron chi connectivity index (χ0n) is 14.4. The Kier molecular flexibility index (Phi) is 3.77. The molecule has 128 valence electrons. The molecule has 1 aliphatic carbocycles. The maximum absolute atomic E-state index is 12.5. The van der Waals surface area contributed by atoms with Crippen molar-refractivity contribution in [2.24, 2.45) is 0 Å². The maximum Gasteiger partial charge on any atom is 0.494 e. The molecule has 2 aliphatic rings. The zero-order valence-corrected chi connectivity index (χ0v) is 14.4. The van der Waals surface area contributed by atoms with Gasteiger partial charge in [-0.2, -0.15) is 0 Å². The molecular weight excluding hydrogens is 309 g/mol. The second-order valence-electron chi connectivity index (χ2n) is 7.55. The molecule has 1 aromatic carbocycles. The van der Waals surface area contributed by atoms with Crippen LogP contribution in [-0.4, -0.2) is 40.8 Å². The van der Waals surface area contributed by atoms with Crippen LogP contribution in [0.15, 0.2) is 24.3 Å². The Morgan fingerprint density at radius 2 is 1.54 bits per heavy atom. The van der Waals surface area contributed by atoms with Crippen molar-refractivity contribution in [1.82, 2.24) is 5.32 Å². The minimum Gasteiger partial charge on any atom is -0.465 e. The first-order chi connectivity index (χ1) is 11.1. The van der Waals surface area contributed by atoms with E-state index >= 15 is 0 Å². The number of carbonyl (C=O) groups excluding carboxylic acids is 1. The van der Waals surface area contributed by atoms with E-state index in [9.17, 15) is 9.59 Å². The predicted octanol–water partition coefficient (Wildman–Crippen LogP) is 1.97. The lowest BCUT2D eigenvalue weighted by molar-refractivity contribution is 0.00578. The summed E-state index contributed by atoms with van der Waals surface area (Å²) in [6, 6.07) is 7.00. The van der Waals surface area contributed by atoms with Gasteiger partial charge in [-0.15, -0.1) is 0 Å². The standard InChI is InChI=1S/C17H22BNO5/c1-15(2)16(3,4)24-18(23-15)12-7-5-11(6-8-12)13(20)17(9-10-17)19-14(21)22/h5-8,19H,9-10H2,1-4H3,(H,21,22). The summed E-state index contributed by atoms with van der Waals surface area (Å²) >= 11 is 0. The van der Waals surface area contributed by atoms with E-state index in [2.05, 4.69) is 5.32 Å². The Hall–Kier alpha value is -1.86. The molecule has 0 radical (unpaired) electrons. The van der Waals surface area contributed by atoms with E-state index in [1.54, 1.807) is 24.3 Å². The molecule has 0 atom stereocenters. The quantitative estimate of drug-likeness (QED) is 0.651. The van der Waals surface area contributed by atoms with Crippen molar-refractivity contribution in [3.05, 3.63) is 29.8 Å². The zero-order chi connectivity index (χ0) is 17.8. The summed E-state index contributed by atoms with van der Waals surface area (Å²) in [6.07, 6.45) is -0.0940. The second-order valence-corrected chi connectivity index (χ2v) is 7.55. The highest BCUT2D eigenvalue weighted by Crippen LogP contribution is 2.39. The van der Waals surface area contributed by atoms with Crippen LogP contribution in [0.3, 0.4) is 0 Å². The second kappa shape index (κ2) is 5.32. The monoisotopic (exact) mass is 331 g/mol. The average Bonchev–Trinajstić information content (AvgIpc) is 3.20. The Balaban J connectivity index is 1.75. The van der Waals surface area contributed by atoms with Crippen LogP contribution in [0.5, 0.6) is 0 Å². The topological polar surface area (TPSA) is 84.9 Å². The molecule has 6 nitrogen and oxygen atoms in total. The molecule has 1 saturated heterocycles. The lowest BCUT2D eigenvalue weighted by Gasteiger charge is -2.32. The van der Waals surface area contributed by atoms with Gasteiger partial charge in [0.2, 0.25) is 0 Å². The van der Waals surface area contributed by atoms with Gasteiger partial charge in [-0.25, -0.2) is 4.79 Å². The van der Waals surface area contributed by atoms with Gasteiger partial charge in [0.25, 0.3) is 0 Å². The average molecular weight is 331 g/mol. The third-order valence-corrected chi connectivity index (χ3v) is 5.23. The summed E-state index contributed by atoms with van der Waals surface area (Å²) in [5, 5.41) is 11.2. The van der Waals surface area contributed by atoms with E-state index in [4.69, 9.17) is 14.4 Å². The fourth-order valence-corrected chi connectivity index (χ4v) is 2.79. The van der Waals surface area contributed by atoms with Gasteiger partial charge in [-0.1, -0.05) is 24.3 Å². The number of hydrogen-bond donors (Lipinski definition) is 2. The van der Waals surface area contributed by atoms with E-state index in [1.165, 1.54) is 0 Å². The van der Waals surface area contributed by atoms with Gasteiger partial charge in [-0.05, 0) is 46.0 Å². The van der Waals surface area contributed by atoms with Crippen LogP contribution in [0.1, 0.15) is 50.9 Å². The van der Waals surface area contributed by atoms with Crippen LogP contribution in [0.25, 0.3) is 0 Å². The summed E-state index contributed by atoms with van der Waals surface area (Å²) in [7, 11) is -0.480. The van der Waals surface area contributed by atoms with Gasteiger partial charge in [0.1, 0.15) is 5.54 Å². The Labute approximate surface area is 141 Å². The normalized spacial score (nSPS) is 22.9. The number of rotatable bonds is 4. The minimum atomic E-state index is -1.17. The number of carbonyl (C=O) groups is 2. The van der Waals surface area contributed by atoms with Gasteiger partial charge in [0.15, 0.2) is 5.78 Å². The number of benzene rings is 1. The van der Waals surface area contributed by atoms with Crippen molar-refractivity contribution in [1.29, 1.82) is 0 Å². The molecule has 0 bridgehead atoms. The molecule has 2 N–H and O–H groups in total. The lowest BCUT2D eigenvalue weighted by Crippen LogP contribution is -2.42. The SMILES string of the molecule is CC1(C)OB(c2ccc(C(=O)C3(NC(=O)O)CC3)cc2)OC1(C)C. The Morgan fingerprint density at radius 1 is 1.04 bits per heavy atom. The highest BCUT2D eigenvalue weighted by atomic mass is 16.7. The van der Waals surface area contributed by atoms with E-state index in [-0.39, 0.29) is 5.78 Å². The van der Waals surface area contributed by atoms with Crippen molar-refractivity contribution in [2.45, 2.75) is 57.3 Å². The number of nitrogens with one attached hydrogen (secondary N) is 1. The van der Waals surface area contributed by atoms with Gasteiger partial charge < -0.3 is 19.7 Å². The first-order valence-corrected chi connectivity index (χ1v) is 8.08. The van der Waals surface area contributed by atoms with Crippen LogP contribution in [0, 0.1) is 0 Å².